The summed E-state index contributed by atoms with van der Waals surface area (Å²) >= 11 is 0. The van der Waals surface area contributed by atoms with Crippen LogP contribution >= 0.6 is 24.8 Å². The quantitative estimate of drug-likeness (QED) is 0.780. The number of hydrogen-bond donors (Lipinski definition) is 2. The molecule has 0 aromatic heterocycles. The summed E-state index contributed by atoms with van der Waals surface area (Å²) in [6, 6.07) is 1.14. The number of likely N-dealkylation sites (tertiary alicyclic amines) is 1. The smallest absolute Gasteiger partial charge is 0.250 e. The molecule has 1 amide bonds. The van der Waals surface area contributed by atoms with E-state index in [-0.39, 0.29) is 36.8 Å². The first kappa shape index (κ1) is 17.0. The van der Waals surface area contributed by atoms with Crippen LogP contribution in [0.5, 0.6) is 0 Å². The van der Waals surface area contributed by atoms with Gasteiger partial charge < -0.3 is 15.4 Å². The van der Waals surface area contributed by atoms with Crippen LogP contribution in [0.4, 0.5) is 0 Å². The molecule has 0 aromatic rings. The fraction of sp³-hybridized carbons (Fsp3) is 0.917. The molecule has 112 valence electrons. The van der Waals surface area contributed by atoms with Gasteiger partial charge in [-0.05, 0) is 19.3 Å². The molecular formula is C12H23Cl2N3O2. The fourth-order valence-electron chi connectivity index (χ4n) is 2.70. The highest BCUT2D eigenvalue weighted by Gasteiger charge is 2.35. The molecule has 1 aliphatic carbocycles. The van der Waals surface area contributed by atoms with Gasteiger partial charge in [-0.3, -0.25) is 9.69 Å². The van der Waals surface area contributed by atoms with E-state index in [1.165, 1.54) is 12.8 Å². The number of hydrogen-bond acceptors (Lipinski definition) is 4. The van der Waals surface area contributed by atoms with Gasteiger partial charge in [0.2, 0.25) is 0 Å². The minimum atomic E-state index is -0.293. The minimum Gasteiger partial charge on any atom is -0.366 e. The molecule has 7 heteroatoms. The Morgan fingerprint density at radius 3 is 2.68 bits per heavy atom. The Morgan fingerprint density at radius 1 is 1.26 bits per heavy atom. The first-order chi connectivity index (χ1) is 8.33. The predicted molar refractivity (Wildman–Crippen MR) is 78.2 cm³/mol. The monoisotopic (exact) mass is 311 g/mol. The summed E-state index contributed by atoms with van der Waals surface area (Å²) in [4.78, 5) is 14.5. The van der Waals surface area contributed by atoms with E-state index in [0.717, 1.165) is 32.1 Å². The number of ether oxygens (including phenoxy) is 1. The summed E-state index contributed by atoms with van der Waals surface area (Å²) in [6.45, 7) is 4.29. The highest BCUT2D eigenvalue weighted by Crippen LogP contribution is 2.29. The number of nitrogens with one attached hydrogen (secondary N) is 2. The molecule has 2 atom stereocenters. The molecule has 2 saturated heterocycles. The number of halogens is 2. The van der Waals surface area contributed by atoms with Gasteiger partial charge in [0.05, 0.1) is 6.61 Å². The van der Waals surface area contributed by atoms with E-state index in [9.17, 15) is 4.79 Å². The van der Waals surface area contributed by atoms with Gasteiger partial charge in [0.15, 0.2) is 0 Å². The first-order valence-corrected chi connectivity index (χ1v) is 6.69. The summed E-state index contributed by atoms with van der Waals surface area (Å²) < 4.78 is 5.45. The molecule has 3 rings (SSSR count). The van der Waals surface area contributed by atoms with E-state index < -0.39 is 0 Å². The summed E-state index contributed by atoms with van der Waals surface area (Å²) in [7, 11) is 0. The van der Waals surface area contributed by atoms with Crippen molar-refractivity contribution in [3.8, 4) is 0 Å². The van der Waals surface area contributed by atoms with E-state index in [1.807, 2.05) is 0 Å². The SMILES string of the molecule is Cl.Cl.O=C(NC1CCN(C2CC2)C1)C1CNCCO1. The topological polar surface area (TPSA) is 53.6 Å². The molecule has 2 N–H and O–H groups in total. The van der Waals surface area contributed by atoms with Crippen molar-refractivity contribution >= 4 is 30.7 Å². The molecule has 19 heavy (non-hydrogen) atoms. The van der Waals surface area contributed by atoms with Crippen molar-refractivity contribution in [2.45, 2.75) is 37.5 Å². The summed E-state index contributed by atoms with van der Waals surface area (Å²) in [5.41, 5.74) is 0. The number of carbonyl (C=O) groups excluding carboxylic acids is 1. The standard InChI is InChI=1S/C12H21N3O2.2ClH/c16-12(11-7-13-4-6-17-11)14-9-3-5-15(8-9)10-1-2-10;;/h9-11,13H,1-8H2,(H,14,16);2*1H. The third-order valence-corrected chi connectivity index (χ3v) is 3.85. The van der Waals surface area contributed by atoms with Gasteiger partial charge in [-0.15, -0.1) is 24.8 Å². The van der Waals surface area contributed by atoms with Crippen LogP contribution in [0.3, 0.4) is 0 Å². The lowest BCUT2D eigenvalue weighted by Crippen LogP contribution is -2.50. The van der Waals surface area contributed by atoms with Gasteiger partial charge in [0.25, 0.3) is 5.91 Å². The largest absolute Gasteiger partial charge is 0.366 e. The molecule has 3 aliphatic rings. The van der Waals surface area contributed by atoms with Gasteiger partial charge in [-0.1, -0.05) is 0 Å². The Labute approximate surface area is 126 Å². The summed E-state index contributed by atoms with van der Waals surface area (Å²) in [5, 5.41) is 6.30. The van der Waals surface area contributed by atoms with Gasteiger partial charge >= 0.3 is 0 Å². The number of morpholine rings is 1. The van der Waals surface area contributed by atoms with Crippen molar-refractivity contribution in [2.24, 2.45) is 0 Å². The zero-order valence-electron chi connectivity index (χ0n) is 11.0. The molecule has 3 fully saturated rings. The van der Waals surface area contributed by atoms with E-state index in [0.29, 0.717) is 19.2 Å². The zero-order valence-corrected chi connectivity index (χ0v) is 12.6. The van der Waals surface area contributed by atoms with E-state index in [1.54, 1.807) is 0 Å². The van der Waals surface area contributed by atoms with Crippen molar-refractivity contribution in [2.75, 3.05) is 32.8 Å². The summed E-state index contributed by atoms with van der Waals surface area (Å²) in [5.74, 6) is 0.0554. The van der Waals surface area contributed by atoms with Crippen LogP contribution in [0.1, 0.15) is 19.3 Å². The first-order valence-electron chi connectivity index (χ1n) is 6.69. The molecule has 0 bridgehead atoms. The normalized spacial score (nSPS) is 31.2. The average molecular weight is 312 g/mol. The molecule has 0 aromatic carbocycles. The van der Waals surface area contributed by atoms with Crippen LogP contribution in [-0.4, -0.2) is 61.8 Å². The van der Waals surface area contributed by atoms with Gasteiger partial charge in [0, 0.05) is 38.3 Å². The third-order valence-electron chi connectivity index (χ3n) is 3.85. The Hall–Kier alpha value is -0.0700. The second kappa shape index (κ2) is 7.64. The molecule has 1 saturated carbocycles. The number of nitrogens with zero attached hydrogens (tertiary/aromatic N) is 1. The van der Waals surface area contributed by atoms with E-state index >= 15 is 0 Å². The van der Waals surface area contributed by atoms with Crippen LogP contribution in [0.25, 0.3) is 0 Å². The lowest BCUT2D eigenvalue weighted by Gasteiger charge is -2.24. The minimum absolute atomic E-state index is 0. The molecule has 2 aliphatic heterocycles. The van der Waals surface area contributed by atoms with E-state index in [4.69, 9.17) is 4.74 Å². The van der Waals surface area contributed by atoms with Crippen molar-refractivity contribution < 1.29 is 9.53 Å². The van der Waals surface area contributed by atoms with Gasteiger partial charge in [-0.25, -0.2) is 0 Å². The predicted octanol–water partition coefficient (Wildman–Crippen LogP) is 0.171. The molecule has 0 radical (unpaired) electrons. The van der Waals surface area contributed by atoms with Crippen molar-refractivity contribution in [3.05, 3.63) is 0 Å². The molecular weight excluding hydrogens is 289 g/mol. The number of amides is 1. The lowest BCUT2D eigenvalue weighted by molar-refractivity contribution is -0.134. The highest BCUT2D eigenvalue weighted by molar-refractivity contribution is 5.85. The number of rotatable bonds is 3. The zero-order chi connectivity index (χ0) is 11.7. The van der Waals surface area contributed by atoms with Crippen LogP contribution in [0.15, 0.2) is 0 Å². The van der Waals surface area contributed by atoms with E-state index in [2.05, 4.69) is 15.5 Å². The average Bonchev–Trinajstić information content (AvgIpc) is 3.12. The lowest BCUT2D eigenvalue weighted by atomic mass is 10.2. The Bertz CT molecular complexity index is 297. The number of carbonyl (C=O) groups is 1. The van der Waals surface area contributed by atoms with Crippen LogP contribution in [0, 0.1) is 0 Å². The molecule has 2 unspecified atom stereocenters. The Balaban J connectivity index is 0.000000902. The second-order valence-corrected chi connectivity index (χ2v) is 5.28. The Kier molecular flexibility index (Phi) is 6.83. The maximum absolute atomic E-state index is 12.0. The highest BCUT2D eigenvalue weighted by atomic mass is 35.5. The van der Waals surface area contributed by atoms with Crippen molar-refractivity contribution in [1.29, 1.82) is 0 Å². The third kappa shape index (κ3) is 4.46. The van der Waals surface area contributed by atoms with Crippen LogP contribution < -0.4 is 10.6 Å². The van der Waals surface area contributed by atoms with Crippen molar-refractivity contribution in [3.63, 3.8) is 0 Å². The van der Waals surface area contributed by atoms with Gasteiger partial charge in [0.1, 0.15) is 6.10 Å². The van der Waals surface area contributed by atoms with Crippen LogP contribution in [0.2, 0.25) is 0 Å². The maximum Gasteiger partial charge on any atom is 0.250 e. The molecule has 5 nitrogen and oxygen atoms in total. The van der Waals surface area contributed by atoms with Crippen molar-refractivity contribution in [1.82, 2.24) is 15.5 Å². The summed E-state index contributed by atoms with van der Waals surface area (Å²) in [6.07, 6.45) is 3.48. The molecule has 0 spiro atoms. The Morgan fingerprint density at radius 2 is 2.05 bits per heavy atom. The molecule has 2 heterocycles. The second-order valence-electron chi connectivity index (χ2n) is 5.28. The maximum atomic E-state index is 12.0. The van der Waals surface area contributed by atoms with Crippen LogP contribution in [-0.2, 0) is 9.53 Å². The fourth-order valence-corrected chi connectivity index (χ4v) is 2.70. The van der Waals surface area contributed by atoms with Gasteiger partial charge in [-0.2, -0.15) is 0 Å².